The van der Waals surface area contributed by atoms with Crippen molar-refractivity contribution >= 4 is 34.8 Å². The molecule has 220 valence electrons. The van der Waals surface area contributed by atoms with Crippen LogP contribution in [0.2, 0.25) is 10.0 Å². The van der Waals surface area contributed by atoms with Crippen LogP contribution in [0.25, 0.3) is 0 Å². The quantitative estimate of drug-likeness (QED) is 0.221. The van der Waals surface area contributed by atoms with E-state index in [1.54, 1.807) is 55.6 Å². The molecule has 1 amide bonds. The number of anilines is 1. The van der Waals surface area contributed by atoms with Gasteiger partial charge in [-0.1, -0.05) is 62.2 Å². The Hall–Kier alpha value is -2.75. The Labute approximate surface area is 249 Å². The lowest BCUT2D eigenvalue weighted by Gasteiger charge is -2.44. The molecule has 1 saturated heterocycles. The molecule has 4 atom stereocenters. The SMILES string of the molecule is CNC1(c2ccc(Cl)cc2F)C(c2cccc(Cl)c2F)CN(CC(O)Nc2ccc(C(N)=O)cc2)C1CC(C)(C)C. The standard InChI is InChI=1S/C31H36Cl2F2N4O2/c1-30(2,3)15-26-31(37-4,22-13-10-19(32)14-25(22)34)23(21-6-5-7-24(33)28(21)35)16-39(26)17-27(40)38-20-11-8-18(9-12-20)29(36)41/h5-14,23,26-27,37-38,40H,15-17H2,1-4H3,(H2,36,41). The molecule has 1 fully saturated rings. The fourth-order valence-corrected chi connectivity index (χ4v) is 6.43. The van der Waals surface area contributed by atoms with Crippen LogP contribution in [0.5, 0.6) is 0 Å². The van der Waals surface area contributed by atoms with Crippen molar-refractivity contribution in [3.8, 4) is 0 Å². The van der Waals surface area contributed by atoms with E-state index >= 15 is 8.78 Å². The van der Waals surface area contributed by atoms with E-state index in [1.165, 1.54) is 12.1 Å². The molecule has 10 heteroatoms. The number of hydrogen-bond donors (Lipinski definition) is 4. The Balaban J connectivity index is 1.80. The third-order valence-corrected chi connectivity index (χ3v) is 8.32. The first-order valence-electron chi connectivity index (χ1n) is 13.4. The molecule has 4 unspecified atom stereocenters. The van der Waals surface area contributed by atoms with Crippen molar-refractivity contribution in [3.05, 3.63) is 99.0 Å². The highest BCUT2D eigenvalue weighted by molar-refractivity contribution is 6.31. The van der Waals surface area contributed by atoms with Gasteiger partial charge in [0.05, 0.1) is 10.6 Å². The molecule has 0 radical (unpaired) electrons. The molecule has 3 aromatic rings. The van der Waals surface area contributed by atoms with E-state index in [4.69, 9.17) is 28.9 Å². The second-order valence-corrected chi connectivity index (χ2v) is 12.6. The number of rotatable bonds is 9. The lowest BCUT2D eigenvalue weighted by atomic mass is 9.69. The molecule has 1 aliphatic rings. The zero-order valence-electron chi connectivity index (χ0n) is 23.5. The highest BCUT2D eigenvalue weighted by atomic mass is 35.5. The smallest absolute Gasteiger partial charge is 0.248 e. The Kier molecular flexibility index (Phi) is 9.31. The first-order valence-corrected chi connectivity index (χ1v) is 14.2. The predicted octanol–water partition coefficient (Wildman–Crippen LogP) is 6.12. The summed E-state index contributed by atoms with van der Waals surface area (Å²) in [6.45, 7) is 6.72. The summed E-state index contributed by atoms with van der Waals surface area (Å²) in [5, 5.41) is 17.9. The topological polar surface area (TPSA) is 90.6 Å². The van der Waals surface area contributed by atoms with Crippen molar-refractivity contribution < 1.29 is 18.7 Å². The minimum atomic E-state index is -1.10. The number of aliphatic hydroxyl groups excluding tert-OH is 1. The number of amides is 1. The Morgan fingerprint density at radius 1 is 1.15 bits per heavy atom. The van der Waals surface area contributed by atoms with Gasteiger partial charge < -0.3 is 21.5 Å². The van der Waals surface area contributed by atoms with Crippen molar-refractivity contribution in [2.75, 3.05) is 25.5 Å². The molecule has 1 aliphatic heterocycles. The maximum Gasteiger partial charge on any atom is 0.248 e. The van der Waals surface area contributed by atoms with Crippen molar-refractivity contribution in [2.45, 2.75) is 50.9 Å². The van der Waals surface area contributed by atoms with E-state index < -0.39 is 35.2 Å². The average Bonchev–Trinajstić information content (AvgIpc) is 3.17. The van der Waals surface area contributed by atoms with Crippen LogP contribution in [0, 0.1) is 17.0 Å². The first-order chi connectivity index (χ1) is 19.3. The minimum Gasteiger partial charge on any atom is -0.372 e. The minimum absolute atomic E-state index is 0.0176. The monoisotopic (exact) mass is 604 g/mol. The summed E-state index contributed by atoms with van der Waals surface area (Å²) in [7, 11) is 1.75. The normalized spacial score (nSPS) is 22.1. The zero-order valence-corrected chi connectivity index (χ0v) is 25.0. The number of halogens is 4. The second-order valence-electron chi connectivity index (χ2n) is 11.8. The molecule has 1 heterocycles. The number of hydrogen-bond acceptors (Lipinski definition) is 5. The van der Waals surface area contributed by atoms with Crippen LogP contribution in [0.4, 0.5) is 14.5 Å². The molecule has 6 nitrogen and oxygen atoms in total. The molecular formula is C31H36Cl2F2N4O2. The number of β-amino-alcohol motifs (C(OH)–C–C–N with tert-alkyl or cyclic N) is 1. The van der Waals surface area contributed by atoms with Crippen molar-refractivity contribution in [3.63, 3.8) is 0 Å². The van der Waals surface area contributed by atoms with E-state index in [2.05, 4.69) is 36.3 Å². The number of primary amides is 1. The number of nitrogens with two attached hydrogens (primary N) is 1. The molecule has 0 saturated carbocycles. The summed E-state index contributed by atoms with van der Waals surface area (Å²) < 4.78 is 31.5. The Morgan fingerprint density at radius 3 is 2.41 bits per heavy atom. The van der Waals surface area contributed by atoms with Crippen LogP contribution in [0.15, 0.2) is 60.7 Å². The molecule has 0 spiro atoms. The number of nitrogens with one attached hydrogen (secondary N) is 2. The fourth-order valence-electron chi connectivity index (χ4n) is 6.09. The van der Waals surface area contributed by atoms with Crippen LogP contribution in [-0.2, 0) is 5.54 Å². The third-order valence-electron chi connectivity index (χ3n) is 7.80. The number of benzene rings is 3. The van der Waals surface area contributed by atoms with Gasteiger partial charge in [0.15, 0.2) is 0 Å². The summed E-state index contributed by atoms with van der Waals surface area (Å²) in [5.41, 5.74) is 5.68. The lowest BCUT2D eigenvalue weighted by molar-refractivity contribution is 0.0833. The van der Waals surface area contributed by atoms with E-state index in [0.717, 1.165) is 0 Å². The van der Waals surface area contributed by atoms with Crippen LogP contribution >= 0.6 is 23.2 Å². The summed E-state index contributed by atoms with van der Waals surface area (Å²) >= 11 is 12.4. The van der Waals surface area contributed by atoms with Crippen molar-refractivity contribution in [1.29, 1.82) is 0 Å². The largest absolute Gasteiger partial charge is 0.372 e. The number of carbonyl (C=O) groups is 1. The number of likely N-dealkylation sites (tertiary alicyclic amines) is 1. The van der Waals surface area contributed by atoms with Gasteiger partial charge in [-0.2, -0.15) is 0 Å². The highest BCUT2D eigenvalue weighted by Crippen LogP contribution is 2.52. The van der Waals surface area contributed by atoms with Gasteiger partial charge in [-0.25, -0.2) is 8.78 Å². The molecule has 0 aliphatic carbocycles. The van der Waals surface area contributed by atoms with Gasteiger partial charge in [0.1, 0.15) is 17.9 Å². The van der Waals surface area contributed by atoms with Crippen LogP contribution in [-0.4, -0.2) is 48.3 Å². The number of likely N-dealkylation sites (N-methyl/N-ethyl adjacent to an activating group) is 1. The fraction of sp³-hybridized carbons (Fsp3) is 0.387. The summed E-state index contributed by atoms with van der Waals surface area (Å²) in [6, 6.07) is 15.5. The molecule has 4 rings (SSSR count). The number of carbonyl (C=O) groups excluding carboxylic acids is 1. The number of nitrogens with zero attached hydrogens (tertiary/aromatic N) is 1. The summed E-state index contributed by atoms with van der Waals surface area (Å²) in [6.07, 6.45) is -0.446. The molecule has 3 aromatic carbocycles. The van der Waals surface area contributed by atoms with Gasteiger partial charge in [-0.15, -0.1) is 0 Å². The zero-order chi connectivity index (χ0) is 30.1. The third kappa shape index (κ3) is 6.52. The van der Waals surface area contributed by atoms with Crippen molar-refractivity contribution in [1.82, 2.24) is 10.2 Å². The first kappa shape index (κ1) is 31.2. The Bertz CT molecular complexity index is 1400. The van der Waals surface area contributed by atoms with Gasteiger partial charge in [-0.3, -0.25) is 9.69 Å². The maximum atomic E-state index is 15.8. The van der Waals surface area contributed by atoms with Crippen LogP contribution in [0.3, 0.4) is 0 Å². The Morgan fingerprint density at radius 2 is 1.83 bits per heavy atom. The summed E-state index contributed by atoms with van der Waals surface area (Å²) in [4.78, 5) is 13.5. The second kappa shape index (κ2) is 12.2. The maximum absolute atomic E-state index is 15.8. The number of aliphatic hydroxyl groups is 1. The average molecular weight is 606 g/mol. The van der Waals surface area contributed by atoms with E-state index in [1.807, 2.05) is 0 Å². The lowest BCUT2D eigenvalue weighted by Crippen LogP contribution is -2.55. The highest BCUT2D eigenvalue weighted by Gasteiger charge is 2.57. The van der Waals surface area contributed by atoms with Crippen LogP contribution in [0.1, 0.15) is 54.6 Å². The molecule has 41 heavy (non-hydrogen) atoms. The van der Waals surface area contributed by atoms with E-state index in [-0.39, 0.29) is 28.0 Å². The van der Waals surface area contributed by atoms with E-state index in [0.29, 0.717) is 35.3 Å². The van der Waals surface area contributed by atoms with Gasteiger partial charge in [0.25, 0.3) is 0 Å². The molecule has 0 aromatic heterocycles. The molecule has 5 N–H and O–H groups in total. The van der Waals surface area contributed by atoms with Gasteiger partial charge in [0, 0.05) is 46.9 Å². The van der Waals surface area contributed by atoms with Gasteiger partial charge >= 0.3 is 0 Å². The molecular weight excluding hydrogens is 569 g/mol. The van der Waals surface area contributed by atoms with Gasteiger partial charge in [0.2, 0.25) is 5.91 Å². The van der Waals surface area contributed by atoms with Crippen molar-refractivity contribution in [2.24, 2.45) is 11.1 Å². The predicted molar refractivity (Wildman–Crippen MR) is 160 cm³/mol. The summed E-state index contributed by atoms with van der Waals surface area (Å²) in [5.74, 6) is -2.18. The van der Waals surface area contributed by atoms with E-state index in [9.17, 15) is 9.90 Å². The van der Waals surface area contributed by atoms with Gasteiger partial charge in [-0.05, 0) is 66.9 Å². The van der Waals surface area contributed by atoms with Crippen LogP contribution < -0.4 is 16.4 Å². The molecule has 0 bridgehead atoms.